The fourth-order valence-corrected chi connectivity index (χ4v) is 5.75. The highest BCUT2D eigenvalue weighted by Crippen LogP contribution is 2.33. The van der Waals surface area contributed by atoms with Crippen LogP contribution in [0.4, 0.5) is 8.78 Å². The predicted octanol–water partition coefficient (Wildman–Crippen LogP) is 2.95. The van der Waals surface area contributed by atoms with Crippen molar-refractivity contribution in [2.24, 2.45) is 5.92 Å². The summed E-state index contributed by atoms with van der Waals surface area (Å²) in [7, 11) is -3.43. The van der Waals surface area contributed by atoms with Gasteiger partial charge in [0.25, 0.3) is 0 Å². The van der Waals surface area contributed by atoms with E-state index in [0.717, 1.165) is 31.6 Å². The zero-order valence-electron chi connectivity index (χ0n) is 16.5. The minimum absolute atomic E-state index is 0.0192. The van der Waals surface area contributed by atoms with Crippen LogP contribution in [-0.4, -0.2) is 49.1 Å². The van der Waals surface area contributed by atoms with Crippen molar-refractivity contribution in [3.8, 4) is 10.6 Å². The fourth-order valence-electron chi connectivity index (χ4n) is 4.11. The third-order valence-electron chi connectivity index (χ3n) is 5.73. The lowest BCUT2D eigenvalue weighted by Gasteiger charge is -2.34. The number of carbonyl (C=O) groups is 1. The summed E-state index contributed by atoms with van der Waals surface area (Å²) < 4.78 is 53.4. The topological polar surface area (TPSA) is 79.4 Å². The molecule has 2 fully saturated rings. The lowest BCUT2D eigenvalue weighted by molar-refractivity contribution is -0.139. The lowest BCUT2D eigenvalue weighted by atomic mass is 9.84. The van der Waals surface area contributed by atoms with Crippen molar-refractivity contribution in [3.05, 3.63) is 40.9 Å². The van der Waals surface area contributed by atoms with Gasteiger partial charge in [-0.3, -0.25) is 4.79 Å². The Morgan fingerprint density at radius 3 is 2.53 bits per heavy atom. The standard InChI is InChI=1S/C20H23F2N3O3S2/c1-30(27,28)24-17-5-6-25(20(26)12-3-2-4-12)18(17)10-16-11-29-19(23-16)13-7-14(21)9-15(22)8-13/h7-9,11-12,17-18,24H,2-6,10H2,1H3/t17-,18-/m1/s1. The Kier molecular flexibility index (Phi) is 5.91. The van der Waals surface area contributed by atoms with Crippen LogP contribution in [0.1, 0.15) is 31.4 Å². The molecule has 0 unspecified atom stereocenters. The smallest absolute Gasteiger partial charge is 0.225 e. The number of thiazole rings is 1. The number of hydrogen-bond acceptors (Lipinski definition) is 5. The van der Waals surface area contributed by atoms with E-state index in [1.165, 1.54) is 23.5 Å². The lowest BCUT2D eigenvalue weighted by Crippen LogP contribution is -2.49. The van der Waals surface area contributed by atoms with Gasteiger partial charge in [0.1, 0.15) is 16.6 Å². The highest BCUT2D eigenvalue weighted by molar-refractivity contribution is 7.88. The second-order valence-corrected chi connectivity index (χ2v) is 10.7. The van der Waals surface area contributed by atoms with Gasteiger partial charge in [-0.1, -0.05) is 6.42 Å². The second-order valence-electron chi connectivity index (χ2n) is 8.02. The van der Waals surface area contributed by atoms with E-state index in [-0.39, 0.29) is 23.9 Å². The number of sulfonamides is 1. The Morgan fingerprint density at radius 1 is 1.23 bits per heavy atom. The van der Waals surface area contributed by atoms with E-state index < -0.39 is 21.7 Å². The van der Waals surface area contributed by atoms with E-state index in [2.05, 4.69) is 9.71 Å². The number of nitrogens with zero attached hydrogens (tertiary/aromatic N) is 2. The Bertz CT molecular complexity index is 1030. The van der Waals surface area contributed by atoms with Gasteiger partial charge in [0, 0.05) is 41.9 Å². The van der Waals surface area contributed by atoms with Crippen molar-refractivity contribution in [1.82, 2.24) is 14.6 Å². The van der Waals surface area contributed by atoms with E-state index in [1.807, 2.05) is 0 Å². The highest BCUT2D eigenvalue weighted by atomic mass is 32.2. The van der Waals surface area contributed by atoms with Crippen LogP contribution in [0.25, 0.3) is 10.6 Å². The minimum atomic E-state index is -3.43. The summed E-state index contributed by atoms with van der Waals surface area (Å²) in [5.41, 5.74) is 1.02. The summed E-state index contributed by atoms with van der Waals surface area (Å²) >= 11 is 1.26. The molecule has 162 valence electrons. The predicted molar refractivity (Wildman–Crippen MR) is 110 cm³/mol. The van der Waals surface area contributed by atoms with E-state index in [4.69, 9.17) is 0 Å². The molecule has 2 atom stereocenters. The molecule has 1 saturated heterocycles. The van der Waals surface area contributed by atoms with Crippen LogP contribution in [0, 0.1) is 17.6 Å². The van der Waals surface area contributed by atoms with E-state index in [9.17, 15) is 22.0 Å². The summed E-state index contributed by atoms with van der Waals surface area (Å²) in [4.78, 5) is 19.2. The van der Waals surface area contributed by atoms with Gasteiger partial charge in [-0.25, -0.2) is 26.9 Å². The van der Waals surface area contributed by atoms with E-state index >= 15 is 0 Å². The fraction of sp³-hybridized carbons (Fsp3) is 0.500. The highest BCUT2D eigenvalue weighted by Gasteiger charge is 2.41. The summed E-state index contributed by atoms with van der Waals surface area (Å²) in [6.07, 6.45) is 4.82. The second kappa shape index (κ2) is 8.32. The van der Waals surface area contributed by atoms with Crippen molar-refractivity contribution in [3.63, 3.8) is 0 Å². The molecule has 0 radical (unpaired) electrons. The SMILES string of the molecule is CS(=O)(=O)N[C@@H]1CCN(C(=O)C2CCC2)[C@@H]1Cc1csc(-c2cc(F)cc(F)c2)n1. The molecule has 0 bridgehead atoms. The summed E-state index contributed by atoms with van der Waals surface area (Å²) in [6.45, 7) is 0.499. The Hall–Kier alpha value is -1.91. The Morgan fingerprint density at radius 2 is 1.93 bits per heavy atom. The Labute approximate surface area is 178 Å². The van der Waals surface area contributed by atoms with Crippen molar-refractivity contribution in [1.29, 1.82) is 0 Å². The first kappa shape index (κ1) is 21.3. The van der Waals surface area contributed by atoms with Crippen molar-refractivity contribution < 1.29 is 22.0 Å². The molecular weight excluding hydrogens is 432 g/mol. The first-order valence-electron chi connectivity index (χ1n) is 9.88. The van der Waals surface area contributed by atoms with E-state index in [1.54, 1.807) is 10.3 Å². The maximum absolute atomic E-state index is 13.5. The number of nitrogens with one attached hydrogen (secondary N) is 1. The van der Waals surface area contributed by atoms with Crippen LogP contribution in [0.3, 0.4) is 0 Å². The van der Waals surface area contributed by atoms with Gasteiger partial charge in [-0.05, 0) is 31.4 Å². The number of hydrogen-bond donors (Lipinski definition) is 1. The number of rotatable bonds is 6. The maximum atomic E-state index is 13.5. The van der Waals surface area contributed by atoms with Crippen LogP contribution < -0.4 is 4.72 Å². The number of likely N-dealkylation sites (tertiary alicyclic amines) is 1. The van der Waals surface area contributed by atoms with Crippen LogP contribution in [-0.2, 0) is 21.2 Å². The molecule has 6 nitrogen and oxygen atoms in total. The molecule has 1 aliphatic heterocycles. The van der Waals surface area contributed by atoms with Crippen molar-refractivity contribution in [2.75, 3.05) is 12.8 Å². The van der Waals surface area contributed by atoms with Crippen LogP contribution in [0.15, 0.2) is 23.6 Å². The van der Waals surface area contributed by atoms with Crippen LogP contribution >= 0.6 is 11.3 Å². The van der Waals surface area contributed by atoms with Gasteiger partial charge >= 0.3 is 0 Å². The number of aromatic nitrogens is 1. The average molecular weight is 456 g/mol. The maximum Gasteiger partial charge on any atom is 0.225 e. The molecule has 30 heavy (non-hydrogen) atoms. The number of amides is 1. The van der Waals surface area contributed by atoms with Crippen molar-refractivity contribution in [2.45, 2.75) is 44.2 Å². The zero-order valence-corrected chi connectivity index (χ0v) is 18.1. The first-order chi connectivity index (χ1) is 14.2. The first-order valence-corrected chi connectivity index (χ1v) is 12.7. The van der Waals surface area contributed by atoms with Gasteiger partial charge < -0.3 is 4.90 Å². The van der Waals surface area contributed by atoms with Gasteiger partial charge in [0.2, 0.25) is 15.9 Å². The zero-order chi connectivity index (χ0) is 21.5. The third kappa shape index (κ3) is 4.70. The molecule has 2 aromatic rings. The van der Waals surface area contributed by atoms with Crippen LogP contribution in [0.2, 0.25) is 0 Å². The quantitative estimate of drug-likeness (QED) is 0.726. The molecular formula is C20H23F2N3O3S2. The average Bonchev–Trinajstić information content (AvgIpc) is 3.19. The molecule has 2 aliphatic rings. The normalized spacial score (nSPS) is 22.3. The molecule has 1 N–H and O–H groups in total. The van der Waals surface area contributed by atoms with Gasteiger partial charge in [-0.2, -0.15) is 0 Å². The molecule has 1 aliphatic carbocycles. The van der Waals surface area contributed by atoms with Gasteiger partial charge in [0.05, 0.1) is 18.0 Å². The molecule has 1 aromatic carbocycles. The van der Waals surface area contributed by atoms with Crippen LogP contribution in [0.5, 0.6) is 0 Å². The van der Waals surface area contributed by atoms with Crippen molar-refractivity contribution >= 4 is 27.3 Å². The molecule has 1 saturated carbocycles. The number of halogens is 2. The summed E-state index contributed by atoms with van der Waals surface area (Å²) in [5.74, 6) is -1.25. The largest absolute Gasteiger partial charge is 0.337 e. The molecule has 10 heteroatoms. The molecule has 2 heterocycles. The minimum Gasteiger partial charge on any atom is -0.337 e. The summed E-state index contributed by atoms with van der Waals surface area (Å²) in [6, 6.07) is 2.53. The third-order valence-corrected chi connectivity index (χ3v) is 7.40. The number of benzene rings is 1. The monoisotopic (exact) mass is 455 g/mol. The molecule has 4 rings (SSSR count). The van der Waals surface area contributed by atoms with Gasteiger partial charge in [0.15, 0.2) is 0 Å². The number of carbonyl (C=O) groups excluding carboxylic acids is 1. The molecule has 1 aromatic heterocycles. The summed E-state index contributed by atoms with van der Waals surface area (Å²) in [5, 5.41) is 2.27. The molecule has 1 amide bonds. The molecule has 0 spiro atoms. The van der Waals surface area contributed by atoms with E-state index in [0.29, 0.717) is 35.7 Å². The Balaban J connectivity index is 1.57. The van der Waals surface area contributed by atoms with Gasteiger partial charge in [-0.15, -0.1) is 11.3 Å².